The number of carbonyl (C=O) groups is 1. The Morgan fingerprint density at radius 1 is 1.08 bits per heavy atom. The Morgan fingerprint density at radius 3 is 2.62 bits per heavy atom. The molecule has 0 unspecified atom stereocenters. The fourth-order valence-electron chi connectivity index (χ4n) is 3.65. The van der Waals surface area contributed by atoms with Gasteiger partial charge in [-0.05, 0) is 36.8 Å². The summed E-state index contributed by atoms with van der Waals surface area (Å²) in [5, 5.41) is 0. The SMILES string of the molecule is CCc1nc(C(=O)N2CCN(c3cccc(C)c3)CC2)c2ccccn12. The third kappa shape index (κ3) is 2.94. The molecule has 1 aromatic carbocycles. The highest BCUT2D eigenvalue weighted by Gasteiger charge is 2.26. The maximum atomic E-state index is 13.1. The summed E-state index contributed by atoms with van der Waals surface area (Å²) < 4.78 is 2.02. The van der Waals surface area contributed by atoms with Crippen LogP contribution >= 0.6 is 0 Å². The Labute approximate surface area is 153 Å². The van der Waals surface area contributed by atoms with Crippen molar-refractivity contribution in [3.63, 3.8) is 0 Å². The molecule has 1 saturated heterocycles. The van der Waals surface area contributed by atoms with Crippen LogP contribution in [0.3, 0.4) is 0 Å². The van der Waals surface area contributed by atoms with E-state index in [2.05, 4.69) is 48.0 Å². The van der Waals surface area contributed by atoms with Gasteiger partial charge >= 0.3 is 0 Å². The van der Waals surface area contributed by atoms with E-state index in [9.17, 15) is 4.79 Å². The lowest BCUT2D eigenvalue weighted by Gasteiger charge is -2.36. The van der Waals surface area contributed by atoms with Gasteiger partial charge in [-0.3, -0.25) is 4.79 Å². The van der Waals surface area contributed by atoms with Crippen molar-refractivity contribution >= 4 is 17.1 Å². The third-order valence-corrected chi connectivity index (χ3v) is 5.07. The minimum absolute atomic E-state index is 0.0392. The summed E-state index contributed by atoms with van der Waals surface area (Å²) in [6, 6.07) is 14.5. The fraction of sp³-hybridized carbons (Fsp3) is 0.333. The maximum Gasteiger partial charge on any atom is 0.274 e. The van der Waals surface area contributed by atoms with E-state index in [4.69, 9.17) is 0 Å². The van der Waals surface area contributed by atoms with Gasteiger partial charge in [-0.25, -0.2) is 4.98 Å². The van der Waals surface area contributed by atoms with Crippen LogP contribution in [0, 0.1) is 6.92 Å². The Bertz CT molecular complexity index is 938. The molecule has 5 heteroatoms. The number of anilines is 1. The molecule has 1 aliphatic heterocycles. The molecule has 0 aliphatic carbocycles. The van der Waals surface area contributed by atoms with Crippen LogP contribution in [-0.2, 0) is 6.42 Å². The second-order valence-corrected chi connectivity index (χ2v) is 6.80. The molecule has 4 rings (SSSR count). The summed E-state index contributed by atoms with van der Waals surface area (Å²) in [4.78, 5) is 22.0. The van der Waals surface area contributed by atoms with Crippen molar-refractivity contribution in [2.45, 2.75) is 20.3 Å². The number of hydrogen-bond acceptors (Lipinski definition) is 3. The first-order valence-corrected chi connectivity index (χ1v) is 9.24. The van der Waals surface area contributed by atoms with Gasteiger partial charge in [-0.2, -0.15) is 0 Å². The van der Waals surface area contributed by atoms with Crippen LogP contribution in [-0.4, -0.2) is 46.4 Å². The standard InChI is InChI=1S/C21H24N4O/c1-3-19-22-20(18-9-4-5-10-25(18)19)21(26)24-13-11-23(12-14-24)17-8-6-7-16(2)15-17/h4-10,15H,3,11-14H2,1-2H3. The normalized spacial score (nSPS) is 14.8. The predicted molar refractivity (Wildman–Crippen MR) is 104 cm³/mol. The highest BCUT2D eigenvalue weighted by Crippen LogP contribution is 2.20. The molecule has 0 spiro atoms. The zero-order valence-electron chi connectivity index (χ0n) is 15.4. The van der Waals surface area contributed by atoms with Gasteiger partial charge in [0, 0.05) is 44.5 Å². The minimum Gasteiger partial charge on any atom is -0.368 e. The number of piperazine rings is 1. The van der Waals surface area contributed by atoms with E-state index in [0.29, 0.717) is 5.69 Å². The molecule has 5 nitrogen and oxygen atoms in total. The molecule has 1 fully saturated rings. The zero-order valence-corrected chi connectivity index (χ0v) is 15.4. The number of carbonyl (C=O) groups excluding carboxylic acids is 1. The Balaban J connectivity index is 1.52. The van der Waals surface area contributed by atoms with E-state index in [1.54, 1.807) is 0 Å². The molecule has 2 aromatic heterocycles. The maximum absolute atomic E-state index is 13.1. The van der Waals surface area contributed by atoms with Gasteiger partial charge in [-0.1, -0.05) is 25.1 Å². The summed E-state index contributed by atoms with van der Waals surface area (Å²) in [6.07, 6.45) is 2.78. The monoisotopic (exact) mass is 348 g/mol. The van der Waals surface area contributed by atoms with Crippen molar-refractivity contribution in [1.82, 2.24) is 14.3 Å². The first-order chi connectivity index (χ1) is 12.7. The highest BCUT2D eigenvalue weighted by molar-refractivity contribution is 5.99. The molecule has 134 valence electrons. The quantitative estimate of drug-likeness (QED) is 0.730. The van der Waals surface area contributed by atoms with Crippen LogP contribution in [0.25, 0.3) is 5.52 Å². The first kappa shape index (κ1) is 16.6. The van der Waals surface area contributed by atoms with Crippen LogP contribution in [0.2, 0.25) is 0 Å². The molecule has 3 aromatic rings. The second kappa shape index (κ2) is 6.83. The van der Waals surface area contributed by atoms with Crippen molar-refractivity contribution < 1.29 is 4.79 Å². The van der Waals surface area contributed by atoms with Crippen molar-refractivity contribution in [2.24, 2.45) is 0 Å². The molecular formula is C21H24N4O. The van der Waals surface area contributed by atoms with Crippen LogP contribution in [0.4, 0.5) is 5.69 Å². The van der Waals surface area contributed by atoms with E-state index in [0.717, 1.165) is 43.9 Å². The number of amides is 1. The molecule has 3 heterocycles. The average Bonchev–Trinajstić information content (AvgIpc) is 3.06. The number of aromatic nitrogens is 2. The Kier molecular flexibility index (Phi) is 4.37. The second-order valence-electron chi connectivity index (χ2n) is 6.80. The van der Waals surface area contributed by atoms with Crippen LogP contribution in [0.5, 0.6) is 0 Å². The lowest BCUT2D eigenvalue weighted by atomic mass is 10.2. The summed E-state index contributed by atoms with van der Waals surface area (Å²) in [7, 11) is 0. The molecule has 0 bridgehead atoms. The summed E-state index contributed by atoms with van der Waals surface area (Å²) in [5.41, 5.74) is 3.97. The number of benzene rings is 1. The molecule has 0 saturated carbocycles. The number of aryl methyl sites for hydroxylation is 2. The third-order valence-electron chi connectivity index (χ3n) is 5.07. The summed E-state index contributed by atoms with van der Waals surface area (Å²) >= 11 is 0. The van der Waals surface area contributed by atoms with Gasteiger partial charge in [0.05, 0.1) is 5.52 Å². The van der Waals surface area contributed by atoms with Crippen molar-refractivity contribution in [3.8, 4) is 0 Å². The average molecular weight is 348 g/mol. The topological polar surface area (TPSA) is 40.9 Å². The lowest BCUT2D eigenvalue weighted by molar-refractivity contribution is 0.0743. The number of imidazole rings is 1. The van der Waals surface area contributed by atoms with Crippen molar-refractivity contribution in [1.29, 1.82) is 0 Å². The Morgan fingerprint density at radius 2 is 1.88 bits per heavy atom. The van der Waals surface area contributed by atoms with Gasteiger partial charge in [0.15, 0.2) is 5.69 Å². The number of nitrogens with zero attached hydrogens (tertiary/aromatic N) is 4. The van der Waals surface area contributed by atoms with Gasteiger partial charge in [0.2, 0.25) is 0 Å². The smallest absolute Gasteiger partial charge is 0.274 e. The molecule has 0 radical (unpaired) electrons. The molecule has 0 N–H and O–H groups in total. The number of pyridine rings is 1. The van der Waals surface area contributed by atoms with E-state index in [-0.39, 0.29) is 5.91 Å². The van der Waals surface area contributed by atoms with Gasteiger partial charge in [0.25, 0.3) is 5.91 Å². The number of rotatable bonds is 3. The predicted octanol–water partition coefficient (Wildman–Crippen LogP) is 3.17. The molecule has 0 atom stereocenters. The van der Waals surface area contributed by atoms with Gasteiger partial charge in [-0.15, -0.1) is 0 Å². The van der Waals surface area contributed by atoms with Crippen LogP contribution in [0.15, 0.2) is 48.7 Å². The van der Waals surface area contributed by atoms with E-state index in [1.165, 1.54) is 11.3 Å². The molecule has 26 heavy (non-hydrogen) atoms. The lowest BCUT2D eigenvalue weighted by Crippen LogP contribution is -2.49. The minimum atomic E-state index is 0.0392. The van der Waals surface area contributed by atoms with Crippen molar-refractivity contribution in [2.75, 3.05) is 31.1 Å². The van der Waals surface area contributed by atoms with Gasteiger partial charge < -0.3 is 14.2 Å². The van der Waals surface area contributed by atoms with Crippen LogP contribution in [0.1, 0.15) is 28.8 Å². The summed E-state index contributed by atoms with van der Waals surface area (Å²) in [6.45, 7) is 7.32. The molecule has 1 amide bonds. The molecule has 1 aliphatic rings. The first-order valence-electron chi connectivity index (χ1n) is 9.24. The highest BCUT2D eigenvalue weighted by atomic mass is 16.2. The fourth-order valence-corrected chi connectivity index (χ4v) is 3.65. The van der Waals surface area contributed by atoms with Gasteiger partial charge in [0.1, 0.15) is 5.82 Å². The zero-order chi connectivity index (χ0) is 18.1. The van der Waals surface area contributed by atoms with Crippen molar-refractivity contribution in [3.05, 3.63) is 65.7 Å². The largest absolute Gasteiger partial charge is 0.368 e. The number of fused-ring (bicyclic) bond motifs is 1. The summed E-state index contributed by atoms with van der Waals surface area (Å²) in [5.74, 6) is 0.972. The number of hydrogen-bond donors (Lipinski definition) is 0. The van der Waals surface area contributed by atoms with Crippen LogP contribution < -0.4 is 4.90 Å². The van der Waals surface area contributed by atoms with E-state index in [1.807, 2.05) is 33.7 Å². The van der Waals surface area contributed by atoms with E-state index < -0.39 is 0 Å². The Hall–Kier alpha value is -2.82. The molecular weight excluding hydrogens is 324 g/mol. The van der Waals surface area contributed by atoms with E-state index >= 15 is 0 Å².